The lowest BCUT2D eigenvalue weighted by molar-refractivity contribution is 0.122. The summed E-state index contributed by atoms with van der Waals surface area (Å²) in [6.45, 7) is 4.26. The van der Waals surface area contributed by atoms with Crippen LogP contribution in [0.25, 0.3) is 0 Å². The van der Waals surface area contributed by atoms with Gasteiger partial charge in [0.2, 0.25) is 0 Å². The molecular formula is C32H37Cl3N4O6S2. The van der Waals surface area contributed by atoms with Gasteiger partial charge >= 0.3 is 6.03 Å². The zero-order chi connectivity index (χ0) is 33.2. The van der Waals surface area contributed by atoms with Crippen LogP contribution in [0.4, 0.5) is 4.79 Å². The summed E-state index contributed by atoms with van der Waals surface area (Å²) in [6, 6.07) is 17.5. The Morgan fingerprint density at radius 2 is 1.45 bits per heavy atom. The van der Waals surface area contributed by atoms with Crippen molar-refractivity contribution in [1.82, 2.24) is 14.7 Å². The monoisotopic (exact) mass is 742 g/mol. The molecule has 2 unspecified atom stereocenters. The quantitative estimate of drug-likeness (QED) is 0.283. The molecule has 2 amide bonds. The Labute approximate surface area is 292 Å². The van der Waals surface area contributed by atoms with Gasteiger partial charge in [0.1, 0.15) is 27.5 Å². The van der Waals surface area contributed by atoms with E-state index in [-0.39, 0.29) is 34.9 Å². The van der Waals surface area contributed by atoms with Gasteiger partial charge in [0.25, 0.3) is 0 Å². The summed E-state index contributed by atoms with van der Waals surface area (Å²) in [7, 11) is -6.73. The van der Waals surface area contributed by atoms with Gasteiger partial charge in [-0.1, -0.05) is 47.5 Å². The molecule has 254 valence electrons. The van der Waals surface area contributed by atoms with Gasteiger partial charge in [-0.2, -0.15) is 0 Å². The van der Waals surface area contributed by atoms with E-state index in [0.29, 0.717) is 60.7 Å². The molecule has 47 heavy (non-hydrogen) atoms. The molecule has 1 saturated heterocycles. The van der Waals surface area contributed by atoms with Crippen LogP contribution in [-0.4, -0.2) is 101 Å². The largest absolute Gasteiger partial charge is 0.493 e. The van der Waals surface area contributed by atoms with Gasteiger partial charge in [0.15, 0.2) is 9.84 Å². The number of urea groups is 1. The summed E-state index contributed by atoms with van der Waals surface area (Å²) < 4.78 is 54.8. The van der Waals surface area contributed by atoms with Crippen LogP contribution in [-0.2, 0) is 19.7 Å². The summed E-state index contributed by atoms with van der Waals surface area (Å²) >= 11 is 12.5. The lowest BCUT2D eigenvalue weighted by Crippen LogP contribution is -2.54. The molecule has 3 aromatic rings. The van der Waals surface area contributed by atoms with E-state index < -0.39 is 31.8 Å². The molecule has 2 atom stereocenters. The summed E-state index contributed by atoms with van der Waals surface area (Å²) in [6.07, 6.45) is 2.34. The second-order valence-corrected chi connectivity index (χ2v) is 16.6. The van der Waals surface area contributed by atoms with E-state index in [1.165, 1.54) is 18.4 Å². The van der Waals surface area contributed by atoms with Crippen molar-refractivity contribution in [2.45, 2.75) is 23.9 Å². The SMILES string of the molecule is CCOc1ccc(S(C)(=O)=O)cc1C1=NC(c2ccc(Cl)cc2)C(c2ccc(Cl)cc2)N1C(=O)N1CCN(CCS(C)(=O)=O)CC1.Cl. The van der Waals surface area contributed by atoms with E-state index in [1.807, 2.05) is 36.1 Å². The Kier molecular flexibility index (Phi) is 11.9. The molecule has 5 rings (SSSR count). The Hall–Kier alpha value is -2.87. The average Bonchev–Trinajstić information content (AvgIpc) is 3.40. The van der Waals surface area contributed by atoms with Gasteiger partial charge in [0, 0.05) is 55.3 Å². The molecular weight excluding hydrogens is 707 g/mol. The fourth-order valence-electron chi connectivity index (χ4n) is 5.66. The fourth-order valence-corrected chi connectivity index (χ4v) is 7.15. The number of sulfone groups is 2. The maximum atomic E-state index is 14.7. The van der Waals surface area contributed by atoms with Crippen LogP contribution < -0.4 is 4.74 Å². The number of halogens is 3. The highest BCUT2D eigenvalue weighted by atomic mass is 35.5. The Bertz CT molecular complexity index is 1830. The maximum Gasteiger partial charge on any atom is 0.326 e. The maximum absolute atomic E-state index is 14.7. The van der Waals surface area contributed by atoms with Crippen molar-refractivity contribution in [2.24, 2.45) is 4.99 Å². The van der Waals surface area contributed by atoms with Gasteiger partial charge in [-0.3, -0.25) is 14.8 Å². The Morgan fingerprint density at radius 1 is 0.872 bits per heavy atom. The lowest BCUT2D eigenvalue weighted by atomic mass is 9.93. The summed E-state index contributed by atoms with van der Waals surface area (Å²) in [5.74, 6) is 0.712. The number of rotatable bonds is 9. The Balaban J connectivity index is 0.00000500. The minimum absolute atomic E-state index is 0. The second kappa shape index (κ2) is 15.1. The second-order valence-electron chi connectivity index (χ2n) is 11.4. The molecule has 2 aliphatic heterocycles. The van der Waals surface area contributed by atoms with Crippen LogP contribution in [0.15, 0.2) is 76.6 Å². The third kappa shape index (κ3) is 8.79. The predicted molar refractivity (Wildman–Crippen MR) is 188 cm³/mol. The molecule has 0 radical (unpaired) electrons. The van der Waals surface area contributed by atoms with E-state index in [9.17, 15) is 21.6 Å². The molecule has 0 spiro atoms. The number of ether oxygens (including phenoxy) is 1. The number of aliphatic imine (C=N–C) groups is 1. The summed E-state index contributed by atoms with van der Waals surface area (Å²) in [5, 5.41) is 1.09. The highest BCUT2D eigenvalue weighted by Crippen LogP contribution is 2.45. The molecule has 0 saturated carbocycles. The molecule has 2 heterocycles. The molecule has 0 bridgehead atoms. The normalized spacial score (nSPS) is 18.9. The third-order valence-corrected chi connectivity index (χ3v) is 10.6. The van der Waals surface area contributed by atoms with E-state index in [4.69, 9.17) is 32.9 Å². The summed E-state index contributed by atoms with van der Waals surface area (Å²) in [4.78, 5) is 25.3. The number of hydrogen-bond acceptors (Lipinski definition) is 8. The van der Waals surface area contributed by atoms with E-state index >= 15 is 0 Å². The minimum atomic E-state index is -3.61. The standard InChI is InChI=1S/C32H36Cl2N4O6S2.ClH/c1-4-44-28-14-13-26(46(3,42)43)21-27(28)31-35-29(22-5-9-24(33)10-6-22)30(23-7-11-25(34)12-8-23)38(31)32(39)37-17-15-36(16-18-37)19-20-45(2,40)41;/h5-14,21,29-30H,4,15-20H2,1-3H3;1H. The number of piperazine rings is 1. The zero-order valence-corrected chi connectivity index (χ0v) is 30.1. The highest BCUT2D eigenvalue weighted by molar-refractivity contribution is 7.91. The van der Waals surface area contributed by atoms with Gasteiger partial charge in [0.05, 0.1) is 28.9 Å². The van der Waals surface area contributed by atoms with Crippen molar-refractivity contribution >= 4 is 67.2 Å². The van der Waals surface area contributed by atoms with Gasteiger partial charge in [-0.05, 0) is 60.5 Å². The minimum Gasteiger partial charge on any atom is -0.493 e. The summed E-state index contributed by atoms with van der Waals surface area (Å²) in [5.41, 5.74) is 1.96. The van der Waals surface area contributed by atoms with E-state index in [0.717, 1.165) is 17.4 Å². The average molecular weight is 744 g/mol. The number of nitrogens with zero attached hydrogens (tertiary/aromatic N) is 4. The molecule has 2 aliphatic rings. The van der Waals surface area contributed by atoms with Crippen LogP contribution in [0.3, 0.4) is 0 Å². The zero-order valence-electron chi connectivity index (χ0n) is 26.2. The van der Waals surface area contributed by atoms with Crippen LogP contribution in [0.5, 0.6) is 5.75 Å². The van der Waals surface area contributed by atoms with Crippen LogP contribution >= 0.6 is 35.6 Å². The molecule has 1 fully saturated rings. The van der Waals surface area contributed by atoms with Crippen molar-refractivity contribution in [3.8, 4) is 5.75 Å². The molecule has 3 aromatic carbocycles. The van der Waals surface area contributed by atoms with Crippen LogP contribution in [0, 0.1) is 0 Å². The molecule has 0 aliphatic carbocycles. The van der Waals surface area contributed by atoms with Gasteiger partial charge < -0.3 is 9.64 Å². The number of amides is 2. The smallest absolute Gasteiger partial charge is 0.326 e. The first kappa shape index (κ1) is 37.0. The number of carbonyl (C=O) groups excluding carboxylic acids is 1. The number of carbonyl (C=O) groups is 1. The van der Waals surface area contributed by atoms with Crippen molar-refractivity contribution in [3.05, 3.63) is 93.5 Å². The first-order chi connectivity index (χ1) is 21.7. The number of benzene rings is 3. The first-order valence-electron chi connectivity index (χ1n) is 14.8. The van der Waals surface area contributed by atoms with E-state index in [1.54, 1.807) is 40.1 Å². The van der Waals surface area contributed by atoms with Crippen LogP contribution in [0.2, 0.25) is 10.0 Å². The molecule has 0 aromatic heterocycles. The molecule has 10 nitrogen and oxygen atoms in total. The topological polar surface area (TPSA) is 117 Å². The van der Waals surface area contributed by atoms with Gasteiger partial charge in [-0.25, -0.2) is 21.6 Å². The molecule has 0 N–H and O–H groups in total. The van der Waals surface area contributed by atoms with Crippen molar-refractivity contribution in [2.75, 3.05) is 57.6 Å². The highest BCUT2D eigenvalue weighted by Gasteiger charge is 2.45. The number of amidine groups is 1. The fraction of sp³-hybridized carbons (Fsp3) is 0.375. The predicted octanol–water partition coefficient (Wildman–Crippen LogP) is 5.54. The number of hydrogen-bond donors (Lipinski definition) is 0. The van der Waals surface area contributed by atoms with Crippen molar-refractivity contribution in [1.29, 1.82) is 0 Å². The Morgan fingerprint density at radius 3 is 1.98 bits per heavy atom. The lowest BCUT2D eigenvalue weighted by Gasteiger charge is -2.39. The van der Waals surface area contributed by atoms with Crippen molar-refractivity contribution < 1.29 is 26.4 Å². The van der Waals surface area contributed by atoms with Crippen LogP contribution in [0.1, 0.15) is 35.7 Å². The van der Waals surface area contributed by atoms with E-state index in [2.05, 4.69) is 0 Å². The van der Waals surface area contributed by atoms with Gasteiger partial charge in [-0.15, -0.1) is 12.4 Å². The first-order valence-corrected chi connectivity index (χ1v) is 19.5. The molecule has 15 heteroatoms. The third-order valence-electron chi connectivity index (χ3n) is 8.04. The van der Waals surface area contributed by atoms with Crippen molar-refractivity contribution in [3.63, 3.8) is 0 Å².